The zero-order valence-electron chi connectivity index (χ0n) is 13.0. The molecule has 2 aromatic heterocycles. The van der Waals surface area contributed by atoms with E-state index in [2.05, 4.69) is 15.3 Å². The van der Waals surface area contributed by atoms with Crippen LogP contribution in [0, 0.1) is 0 Å². The number of aromatic nitrogens is 4. The van der Waals surface area contributed by atoms with E-state index < -0.39 is 30.8 Å². The van der Waals surface area contributed by atoms with Crippen LogP contribution in [0.2, 0.25) is 0 Å². The average Bonchev–Trinajstić information content (AvgIpc) is 2.91. The van der Waals surface area contributed by atoms with Crippen molar-refractivity contribution in [2.24, 2.45) is 0 Å². The molecule has 3 rings (SSSR count). The number of hydrogen-bond donors (Lipinski definition) is 0. The third-order valence-electron chi connectivity index (χ3n) is 3.97. The van der Waals surface area contributed by atoms with Crippen molar-refractivity contribution >= 4 is 11.5 Å². The zero-order chi connectivity index (χ0) is 18.4. The molecule has 1 aliphatic rings. The van der Waals surface area contributed by atoms with Gasteiger partial charge in [-0.05, 0) is 19.1 Å². The topological polar surface area (TPSA) is 49.6 Å². The summed E-state index contributed by atoms with van der Waals surface area (Å²) in [5.74, 6) is -1.01. The number of anilines is 1. The number of piperazine rings is 1. The Hall–Kier alpha value is -2.11. The van der Waals surface area contributed by atoms with Gasteiger partial charge < -0.3 is 4.90 Å². The van der Waals surface area contributed by atoms with Crippen molar-refractivity contribution in [3.63, 3.8) is 0 Å². The predicted molar refractivity (Wildman–Crippen MR) is 75.1 cm³/mol. The minimum absolute atomic E-state index is 0.0557. The molecule has 0 spiro atoms. The average molecular weight is 368 g/mol. The Morgan fingerprint density at radius 1 is 1.08 bits per heavy atom. The van der Waals surface area contributed by atoms with Crippen LogP contribution in [0.5, 0.6) is 0 Å². The molecule has 1 unspecified atom stereocenters. The molecule has 0 amide bonds. The lowest BCUT2D eigenvalue weighted by atomic mass is 10.2. The fourth-order valence-corrected chi connectivity index (χ4v) is 2.79. The van der Waals surface area contributed by atoms with Gasteiger partial charge in [-0.2, -0.15) is 30.9 Å². The van der Waals surface area contributed by atoms with Gasteiger partial charge in [0.2, 0.25) is 0 Å². The second kappa shape index (κ2) is 6.00. The first-order valence-electron chi connectivity index (χ1n) is 7.40. The second-order valence-electron chi connectivity index (χ2n) is 5.86. The summed E-state index contributed by atoms with van der Waals surface area (Å²) in [5.41, 5.74) is -0.0557. The highest BCUT2D eigenvalue weighted by Gasteiger charge is 2.38. The quantitative estimate of drug-likeness (QED) is 0.761. The lowest BCUT2D eigenvalue weighted by molar-refractivity contribution is -0.150. The van der Waals surface area contributed by atoms with E-state index in [9.17, 15) is 26.3 Å². The summed E-state index contributed by atoms with van der Waals surface area (Å²) in [6, 6.07) is 2.41. The molecule has 25 heavy (non-hydrogen) atoms. The van der Waals surface area contributed by atoms with E-state index in [4.69, 9.17) is 0 Å². The fraction of sp³-hybridized carbons (Fsp3) is 0.615. The van der Waals surface area contributed by atoms with Gasteiger partial charge in [0.1, 0.15) is 5.82 Å². The summed E-state index contributed by atoms with van der Waals surface area (Å²) in [5, 5.41) is 10.4. The minimum atomic E-state index is -4.70. The smallest absolute Gasteiger partial charge is 0.352 e. The van der Waals surface area contributed by atoms with E-state index in [0.29, 0.717) is 4.52 Å². The first-order chi connectivity index (χ1) is 11.5. The summed E-state index contributed by atoms with van der Waals surface area (Å²) in [6.45, 7) is 1.20. The predicted octanol–water partition coefficient (Wildman–Crippen LogP) is 2.22. The van der Waals surface area contributed by atoms with Crippen LogP contribution >= 0.6 is 0 Å². The van der Waals surface area contributed by atoms with Gasteiger partial charge in [-0.25, -0.2) is 0 Å². The van der Waals surface area contributed by atoms with Gasteiger partial charge in [-0.3, -0.25) is 4.90 Å². The van der Waals surface area contributed by atoms with Gasteiger partial charge in [0, 0.05) is 25.7 Å². The molecule has 0 N–H and O–H groups in total. The SMILES string of the molecule is CC1CN(c2ccc3nnc(C(F)(F)F)n3n2)CCN1CC(F)(F)F. The number of nitrogens with zero attached hydrogens (tertiary/aromatic N) is 6. The largest absolute Gasteiger partial charge is 0.453 e. The molecule has 138 valence electrons. The van der Waals surface area contributed by atoms with E-state index in [1.165, 1.54) is 17.0 Å². The van der Waals surface area contributed by atoms with E-state index in [1.54, 1.807) is 11.8 Å². The highest BCUT2D eigenvalue weighted by molar-refractivity contribution is 5.46. The van der Waals surface area contributed by atoms with Crippen molar-refractivity contribution in [3.8, 4) is 0 Å². The number of rotatable bonds is 2. The fourth-order valence-electron chi connectivity index (χ4n) is 2.79. The van der Waals surface area contributed by atoms with Crippen molar-refractivity contribution < 1.29 is 26.3 Å². The third kappa shape index (κ3) is 3.78. The normalized spacial score (nSPS) is 20.4. The molecule has 0 saturated carbocycles. The van der Waals surface area contributed by atoms with Crippen LogP contribution in [0.25, 0.3) is 5.65 Å². The van der Waals surface area contributed by atoms with Gasteiger partial charge in [0.15, 0.2) is 5.65 Å². The monoisotopic (exact) mass is 368 g/mol. The molecule has 0 bridgehead atoms. The number of alkyl halides is 6. The standard InChI is InChI=1S/C13H14F6N6/c1-8-6-23(4-5-24(8)7-12(14,15)16)10-3-2-9-20-21-11(13(17,18)19)25(9)22-10/h2-3,8H,4-7H2,1H3. The van der Waals surface area contributed by atoms with Crippen molar-refractivity contribution in [1.29, 1.82) is 0 Å². The van der Waals surface area contributed by atoms with E-state index in [1.807, 2.05) is 0 Å². The molecular formula is C13H14F6N6. The van der Waals surface area contributed by atoms with Crippen LogP contribution in [0.4, 0.5) is 32.2 Å². The van der Waals surface area contributed by atoms with Gasteiger partial charge >= 0.3 is 12.4 Å². The van der Waals surface area contributed by atoms with Crippen molar-refractivity contribution in [3.05, 3.63) is 18.0 Å². The second-order valence-corrected chi connectivity index (χ2v) is 5.86. The van der Waals surface area contributed by atoms with E-state index >= 15 is 0 Å². The maximum absolute atomic E-state index is 12.9. The van der Waals surface area contributed by atoms with E-state index in [-0.39, 0.29) is 31.1 Å². The van der Waals surface area contributed by atoms with Gasteiger partial charge in [-0.1, -0.05) is 0 Å². The highest BCUT2D eigenvalue weighted by atomic mass is 19.4. The lowest BCUT2D eigenvalue weighted by Crippen LogP contribution is -2.54. The van der Waals surface area contributed by atoms with Crippen LogP contribution in [0.1, 0.15) is 12.7 Å². The van der Waals surface area contributed by atoms with Crippen LogP contribution < -0.4 is 4.90 Å². The first-order valence-corrected chi connectivity index (χ1v) is 7.40. The van der Waals surface area contributed by atoms with E-state index in [0.717, 1.165) is 0 Å². The molecule has 0 aromatic carbocycles. The van der Waals surface area contributed by atoms with Gasteiger partial charge in [0.05, 0.1) is 6.54 Å². The molecule has 6 nitrogen and oxygen atoms in total. The molecule has 2 aromatic rings. The number of hydrogen-bond acceptors (Lipinski definition) is 5. The Kier molecular flexibility index (Phi) is 4.25. The Morgan fingerprint density at radius 2 is 1.80 bits per heavy atom. The maximum Gasteiger partial charge on any atom is 0.453 e. The molecule has 1 atom stereocenters. The molecule has 1 aliphatic heterocycles. The van der Waals surface area contributed by atoms with Gasteiger partial charge in [0.25, 0.3) is 5.82 Å². The Balaban J connectivity index is 1.81. The van der Waals surface area contributed by atoms with Crippen LogP contribution in [-0.2, 0) is 6.18 Å². The first kappa shape index (κ1) is 17.7. The van der Waals surface area contributed by atoms with Crippen molar-refractivity contribution in [2.45, 2.75) is 25.3 Å². The number of fused-ring (bicyclic) bond motifs is 1. The van der Waals surface area contributed by atoms with Crippen molar-refractivity contribution in [2.75, 3.05) is 31.1 Å². The molecule has 1 saturated heterocycles. The summed E-state index contributed by atoms with van der Waals surface area (Å²) < 4.78 is 76.9. The molecule has 12 heteroatoms. The van der Waals surface area contributed by atoms with Gasteiger partial charge in [-0.15, -0.1) is 15.3 Å². The van der Waals surface area contributed by atoms with Crippen LogP contribution in [0.15, 0.2) is 12.1 Å². The summed E-state index contributed by atoms with van der Waals surface area (Å²) >= 11 is 0. The highest BCUT2D eigenvalue weighted by Crippen LogP contribution is 2.28. The maximum atomic E-state index is 12.9. The van der Waals surface area contributed by atoms with Crippen LogP contribution in [0.3, 0.4) is 0 Å². The molecular weight excluding hydrogens is 354 g/mol. The molecule has 3 heterocycles. The molecule has 0 radical (unpaired) electrons. The summed E-state index contributed by atoms with van der Waals surface area (Å²) in [6.07, 6.45) is -9.00. The van der Waals surface area contributed by atoms with Crippen LogP contribution in [-0.4, -0.2) is 63.1 Å². The Morgan fingerprint density at radius 3 is 2.40 bits per heavy atom. The molecule has 0 aliphatic carbocycles. The van der Waals surface area contributed by atoms with Crippen molar-refractivity contribution in [1.82, 2.24) is 24.7 Å². The minimum Gasteiger partial charge on any atom is -0.352 e. The molecule has 1 fully saturated rings. The summed E-state index contributed by atoms with van der Waals surface area (Å²) in [4.78, 5) is 2.94. The third-order valence-corrected chi connectivity index (χ3v) is 3.97. The Labute approximate surface area is 138 Å². The lowest BCUT2D eigenvalue weighted by Gasteiger charge is -2.40. The zero-order valence-corrected chi connectivity index (χ0v) is 13.0. The Bertz CT molecular complexity index is 754. The number of halogens is 6. The summed E-state index contributed by atoms with van der Waals surface area (Å²) in [7, 11) is 0.